The lowest BCUT2D eigenvalue weighted by Gasteiger charge is -2.33. The lowest BCUT2D eigenvalue weighted by atomic mass is 9.90. The number of halogens is 3. The van der Waals surface area contributed by atoms with E-state index in [1.165, 1.54) is 43.5 Å². The first-order valence-corrected chi connectivity index (χ1v) is 11.4. The van der Waals surface area contributed by atoms with Crippen molar-refractivity contribution in [3.8, 4) is 11.3 Å². The van der Waals surface area contributed by atoms with Crippen molar-refractivity contribution in [2.24, 2.45) is 11.3 Å². The number of piperidine rings is 1. The molecule has 1 atom stereocenters. The van der Waals surface area contributed by atoms with E-state index in [0.717, 1.165) is 31.7 Å². The Morgan fingerprint density at radius 1 is 1.00 bits per heavy atom. The average Bonchev–Trinajstić information content (AvgIpc) is 3.48. The highest BCUT2D eigenvalue weighted by atomic mass is 35.5. The van der Waals surface area contributed by atoms with Crippen LogP contribution >= 0.6 is 11.6 Å². The van der Waals surface area contributed by atoms with Crippen LogP contribution in [0.5, 0.6) is 0 Å². The fraction of sp³-hybridized carbons (Fsp3) is 0.360. The van der Waals surface area contributed by atoms with E-state index in [0.29, 0.717) is 33.4 Å². The van der Waals surface area contributed by atoms with Crippen LogP contribution in [0.25, 0.3) is 11.3 Å². The fourth-order valence-electron chi connectivity index (χ4n) is 4.87. The molecule has 2 fully saturated rings. The van der Waals surface area contributed by atoms with Crippen LogP contribution in [0.15, 0.2) is 54.6 Å². The summed E-state index contributed by atoms with van der Waals surface area (Å²) < 4.78 is 26.9. The van der Waals surface area contributed by atoms with Crippen molar-refractivity contribution in [3.05, 3.63) is 76.8 Å². The summed E-state index contributed by atoms with van der Waals surface area (Å²) in [4.78, 5) is 2.42. The van der Waals surface area contributed by atoms with Gasteiger partial charge < -0.3 is 5.32 Å². The fourth-order valence-corrected chi connectivity index (χ4v) is 5.09. The van der Waals surface area contributed by atoms with Crippen LogP contribution in [-0.4, -0.2) is 34.7 Å². The molecule has 1 aliphatic carbocycles. The molecule has 1 saturated carbocycles. The number of aromatic nitrogens is 2. The smallest absolute Gasteiger partial charge is 0.148 e. The minimum absolute atomic E-state index is 0.167. The van der Waals surface area contributed by atoms with Gasteiger partial charge in [0.05, 0.1) is 10.7 Å². The van der Waals surface area contributed by atoms with Gasteiger partial charge in [-0.15, -0.1) is 10.2 Å². The molecule has 1 spiro atoms. The molecule has 3 aromatic rings. The lowest BCUT2D eigenvalue weighted by molar-refractivity contribution is 0.157. The van der Waals surface area contributed by atoms with Crippen LogP contribution in [0, 0.1) is 23.0 Å². The molecule has 2 aromatic carbocycles. The maximum absolute atomic E-state index is 13.5. The van der Waals surface area contributed by atoms with Crippen LogP contribution < -0.4 is 5.32 Å². The highest BCUT2D eigenvalue weighted by Gasteiger charge is 2.54. The van der Waals surface area contributed by atoms with Gasteiger partial charge in [-0.2, -0.15) is 0 Å². The molecule has 1 unspecified atom stereocenters. The molecule has 7 heteroatoms. The molecular formula is C25H25ClF2N4. The first-order chi connectivity index (χ1) is 15.5. The molecule has 5 rings (SSSR count). The largest absolute Gasteiger partial charge is 0.368 e. The molecule has 1 aromatic heterocycles. The Balaban J connectivity index is 1.11. The third-order valence-corrected chi connectivity index (χ3v) is 7.23. The monoisotopic (exact) mass is 454 g/mol. The van der Waals surface area contributed by atoms with Crippen LogP contribution in [0.1, 0.15) is 24.8 Å². The SMILES string of the molecule is Fc1cccc(CN2CCC3(CC2)CC3CNc2ccc(-c3cc(F)ccc3Cl)nn2)c1. The van der Waals surface area contributed by atoms with Crippen LogP contribution in [-0.2, 0) is 6.54 Å². The molecule has 0 bridgehead atoms. The molecule has 2 heterocycles. The van der Waals surface area contributed by atoms with E-state index in [-0.39, 0.29) is 11.6 Å². The minimum atomic E-state index is -0.352. The summed E-state index contributed by atoms with van der Waals surface area (Å²) in [5, 5.41) is 12.3. The number of rotatable bonds is 6. The third kappa shape index (κ3) is 4.62. The number of benzene rings is 2. The van der Waals surface area contributed by atoms with Gasteiger partial charge in [-0.1, -0.05) is 23.7 Å². The molecular weight excluding hydrogens is 430 g/mol. The Hall–Kier alpha value is -2.57. The molecule has 32 heavy (non-hydrogen) atoms. The van der Waals surface area contributed by atoms with Crippen LogP contribution in [0.2, 0.25) is 5.02 Å². The first-order valence-electron chi connectivity index (χ1n) is 11.0. The predicted octanol–water partition coefficient (Wildman–Crippen LogP) is 5.79. The maximum atomic E-state index is 13.5. The molecule has 1 saturated heterocycles. The predicted molar refractivity (Wildman–Crippen MR) is 122 cm³/mol. The Morgan fingerprint density at radius 3 is 2.56 bits per heavy atom. The van der Waals surface area contributed by atoms with Gasteiger partial charge in [0, 0.05) is 18.7 Å². The third-order valence-electron chi connectivity index (χ3n) is 6.90. The number of likely N-dealkylation sites (tertiary alicyclic amines) is 1. The standard InChI is InChI=1S/C25H25ClF2N4/c26-22-5-4-20(28)13-21(22)23-6-7-24(31-30-23)29-15-18-14-25(18)8-10-32(11-9-25)16-17-2-1-3-19(27)12-17/h1-7,12-13,18H,8-11,14-16H2,(H,29,31). The summed E-state index contributed by atoms with van der Waals surface area (Å²) in [5.74, 6) is 0.832. The van der Waals surface area contributed by atoms with Crippen molar-refractivity contribution < 1.29 is 8.78 Å². The van der Waals surface area contributed by atoms with Crippen LogP contribution in [0.3, 0.4) is 0 Å². The Bertz CT molecular complexity index is 1100. The molecule has 0 amide bonds. The number of hydrogen-bond acceptors (Lipinski definition) is 4. The minimum Gasteiger partial charge on any atom is -0.368 e. The summed E-state index contributed by atoms with van der Waals surface area (Å²) >= 11 is 6.16. The summed E-state index contributed by atoms with van der Waals surface area (Å²) in [5.41, 5.74) is 2.55. The van der Waals surface area contributed by atoms with Gasteiger partial charge in [-0.3, -0.25) is 4.90 Å². The average molecular weight is 455 g/mol. The normalized spacial score (nSPS) is 19.8. The topological polar surface area (TPSA) is 41.0 Å². The van der Waals surface area contributed by atoms with Gasteiger partial charge in [0.2, 0.25) is 0 Å². The summed E-state index contributed by atoms with van der Waals surface area (Å²) in [7, 11) is 0. The van der Waals surface area contributed by atoms with Crippen LogP contribution in [0.4, 0.5) is 14.6 Å². The first kappa shape index (κ1) is 21.3. The zero-order valence-electron chi connectivity index (χ0n) is 17.7. The number of nitrogens with one attached hydrogen (secondary N) is 1. The van der Waals surface area contributed by atoms with Crippen molar-refractivity contribution >= 4 is 17.4 Å². The number of anilines is 1. The van der Waals surface area contributed by atoms with Crippen molar-refractivity contribution in [2.45, 2.75) is 25.8 Å². The maximum Gasteiger partial charge on any atom is 0.148 e. The van der Waals surface area contributed by atoms with Gasteiger partial charge >= 0.3 is 0 Å². The van der Waals surface area contributed by atoms with Crippen molar-refractivity contribution in [1.82, 2.24) is 15.1 Å². The zero-order chi connectivity index (χ0) is 22.1. The Morgan fingerprint density at radius 2 is 1.81 bits per heavy atom. The van der Waals surface area contributed by atoms with Gasteiger partial charge in [0.1, 0.15) is 17.5 Å². The molecule has 2 aliphatic rings. The molecule has 0 radical (unpaired) electrons. The van der Waals surface area contributed by atoms with Gasteiger partial charge in [-0.25, -0.2) is 8.78 Å². The Labute approximate surface area is 191 Å². The lowest BCUT2D eigenvalue weighted by Crippen LogP contribution is -2.35. The summed E-state index contributed by atoms with van der Waals surface area (Å²) in [6.07, 6.45) is 3.59. The highest BCUT2D eigenvalue weighted by Crippen LogP contribution is 2.59. The quantitative estimate of drug-likeness (QED) is 0.512. The van der Waals surface area contributed by atoms with E-state index in [1.54, 1.807) is 12.1 Å². The molecule has 166 valence electrons. The van der Waals surface area contributed by atoms with Crippen molar-refractivity contribution in [3.63, 3.8) is 0 Å². The van der Waals surface area contributed by atoms with E-state index in [1.807, 2.05) is 18.2 Å². The Kier molecular flexibility index (Phi) is 5.82. The zero-order valence-corrected chi connectivity index (χ0v) is 18.5. The van der Waals surface area contributed by atoms with Gasteiger partial charge in [0.15, 0.2) is 0 Å². The van der Waals surface area contributed by atoms with E-state index >= 15 is 0 Å². The molecule has 4 nitrogen and oxygen atoms in total. The van der Waals surface area contributed by atoms with E-state index < -0.39 is 0 Å². The molecule has 1 aliphatic heterocycles. The van der Waals surface area contributed by atoms with Crippen molar-refractivity contribution in [2.75, 3.05) is 25.0 Å². The molecule has 1 N–H and O–H groups in total. The van der Waals surface area contributed by atoms with Gasteiger partial charge in [0.25, 0.3) is 0 Å². The second-order valence-electron chi connectivity index (χ2n) is 8.98. The van der Waals surface area contributed by atoms with Crippen molar-refractivity contribution in [1.29, 1.82) is 0 Å². The van der Waals surface area contributed by atoms with E-state index in [2.05, 4.69) is 20.4 Å². The summed E-state index contributed by atoms with van der Waals surface area (Å²) in [6, 6.07) is 14.8. The number of hydrogen-bond donors (Lipinski definition) is 1. The summed E-state index contributed by atoms with van der Waals surface area (Å²) in [6.45, 7) is 3.79. The van der Waals surface area contributed by atoms with Gasteiger partial charge in [-0.05, 0) is 91.7 Å². The van der Waals surface area contributed by atoms with E-state index in [9.17, 15) is 8.78 Å². The second kappa shape index (κ2) is 8.75. The van der Waals surface area contributed by atoms with E-state index in [4.69, 9.17) is 11.6 Å². The number of nitrogens with zero attached hydrogens (tertiary/aromatic N) is 3. The second-order valence-corrected chi connectivity index (χ2v) is 9.39. The highest BCUT2D eigenvalue weighted by molar-refractivity contribution is 6.33.